The van der Waals surface area contributed by atoms with Crippen LogP contribution in [0.2, 0.25) is 0 Å². The number of carbonyl (C=O) groups is 1. The fourth-order valence-corrected chi connectivity index (χ4v) is 1.70. The van der Waals surface area contributed by atoms with E-state index < -0.39 is 0 Å². The molecule has 0 N–H and O–H groups in total. The lowest BCUT2D eigenvalue weighted by molar-refractivity contribution is -0.128. The second kappa shape index (κ2) is 9.69. The van der Waals surface area contributed by atoms with E-state index in [2.05, 4.69) is 31.2 Å². The van der Waals surface area contributed by atoms with E-state index in [1.54, 1.807) is 19.0 Å². The van der Waals surface area contributed by atoms with Crippen molar-refractivity contribution in [2.24, 2.45) is 0 Å². The summed E-state index contributed by atoms with van der Waals surface area (Å²) >= 11 is 0. The van der Waals surface area contributed by atoms with Crippen LogP contribution in [0.25, 0.3) is 0 Å². The minimum Gasteiger partial charge on any atom is -0.349 e. The number of benzene rings is 1. The predicted octanol–water partition coefficient (Wildman–Crippen LogP) is 3.69. The Morgan fingerprint density at radius 3 is 2.17 bits per heavy atom. The molecule has 0 aliphatic rings. The van der Waals surface area contributed by atoms with Crippen molar-refractivity contribution in [3.63, 3.8) is 0 Å². The van der Waals surface area contributed by atoms with E-state index in [4.69, 9.17) is 0 Å². The third kappa shape index (κ3) is 6.43. The highest BCUT2D eigenvalue weighted by molar-refractivity contribution is 5.75. The highest BCUT2D eigenvalue weighted by Crippen LogP contribution is 2.10. The van der Waals surface area contributed by atoms with Crippen LogP contribution in [0.4, 0.5) is 0 Å². The van der Waals surface area contributed by atoms with Crippen molar-refractivity contribution >= 4 is 5.91 Å². The van der Waals surface area contributed by atoms with Gasteiger partial charge in [0.05, 0.1) is 0 Å². The van der Waals surface area contributed by atoms with Crippen LogP contribution < -0.4 is 0 Å². The summed E-state index contributed by atoms with van der Waals surface area (Å²) in [5.74, 6) is 0.195. The molecule has 0 spiro atoms. The topological polar surface area (TPSA) is 20.3 Å². The molecule has 0 aromatic heterocycles. The number of carbonyl (C=O) groups excluding carboxylic acids is 1. The first-order valence-corrected chi connectivity index (χ1v) is 6.91. The number of hydrogen-bond acceptors (Lipinski definition) is 1. The van der Waals surface area contributed by atoms with E-state index in [0.717, 1.165) is 12.8 Å². The smallest absolute Gasteiger partial charge is 0.222 e. The zero-order valence-electron chi connectivity index (χ0n) is 12.5. The van der Waals surface area contributed by atoms with Crippen molar-refractivity contribution in [2.75, 3.05) is 14.1 Å². The van der Waals surface area contributed by atoms with E-state index in [1.807, 2.05) is 13.8 Å². The molecule has 0 saturated carbocycles. The Morgan fingerprint density at radius 2 is 1.67 bits per heavy atom. The van der Waals surface area contributed by atoms with Gasteiger partial charge in [0.1, 0.15) is 0 Å². The molecule has 0 radical (unpaired) electrons. The Kier molecular flexibility index (Phi) is 8.99. The summed E-state index contributed by atoms with van der Waals surface area (Å²) in [5, 5.41) is 0. The second-order valence-electron chi connectivity index (χ2n) is 4.36. The molecule has 0 heterocycles. The van der Waals surface area contributed by atoms with Gasteiger partial charge in [0.25, 0.3) is 0 Å². The minimum absolute atomic E-state index is 0.195. The van der Waals surface area contributed by atoms with Crippen LogP contribution in [0.5, 0.6) is 0 Å². The largest absolute Gasteiger partial charge is 0.349 e. The molecule has 18 heavy (non-hydrogen) atoms. The first-order chi connectivity index (χ1) is 8.63. The second-order valence-corrected chi connectivity index (χ2v) is 4.36. The molecule has 1 aromatic rings. The highest BCUT2D eigenvalue weighted by Gasteiger charge is 2.04. The van der Waals surface area contributed by atoms with Crippen molar-refractivity contribution in [1.82, 2.24) is 4.90 Å². The molecule has 1 aromatic carbocycles. The Bertz CT molecular complexity index is 345. The Morgan fingerprint density at radius 1 is 1.11 bits per heavy atom. The summed E-state index contributed by atoms with van der Waals surface area (Å²) in [6.07, 6.45) is 3.73. The molecule has 102 valence electrons. The zero-order valence-corrected chi connectivity index (χ0v) is 12.5. The highest BCUT2D eigenvalue weighted by atomic mass is 16.2. The molecular formula is C16H27NO. The number of rotatable bonds is 5. The standard InChI is InChI=1S/C14H21NO.C2H6/c1-4-6-12-7-5-8-13(11-12)9-10-14(16)15(2)3;1-2/h5,7-8,11H,4,6,9-10H2,1-3H3;1-2H3. The zero-order chi connectivity index (χ0) is 14.0. The lowest BCUT2D eigenvalue weighted by Gasteiger charge is -2.10. The molecule has 2 heteroatoms. The van der Waals surface area contributed by atoms with Crippen molar-refractivity contribution < 1.29 is 4.79 Å². The maximum absolute atomic E-state index is 11.5. The average Bonchev–Trinajstić information content (AvgIpc) is 2.39. The monoisotopic (exact) mass is 249 g/mol. The van der Waals surface area contributed by atoms with E-state index in [9.17, 15) is 4.79 Å². The fraction of sp³-hybridized carbons (Fsp3) is 0.562. The lowest BCUT2D eigenvalue weighted by atomic mass is 10.0. The van der Waals surface area contributed by atoms with Gasteiger partial charge in [-0.3, -0.25) is 4.79 Å². The first kappa shape index (κ1) is 16.7. The van der Waals surface area contributed by atoms with Gasteiger partial charge in [-0.25, -0.2) is 0 Å². The Balaban J connectivity index is 0.00000137. The van der Waals surface area contributed by atoms with Crippen LogP contribution in [0.3, 0.4) is 0 Å². The van der Waals surface area contributed by atoms with Gasteiger partial charge in [0, 0.05) is 20.5 Å². The van der Waals surface area contributed by atoms with Crippen molar-refractivity contribution in [2.45, 2.75) is 46.5 Å². The number of nitrogens with zero attached hydrogens (tertiary/aromatic N) is 1. The van der Waals surface area contributed by atoms with Gasteiger partial charge in [-0.1, -0.05) is 51.5 Å². The molecule has 0 atom stereocenters. The quantitative estimate of drug-likeness (QED) is 0.779. The van der Waals surface area contributed by atoms with Crippen LogP contribution in [-0.4, -0.2) is 24.9 Å². The lowest BCUT2D eigenvalue weighted by Crippen LogP contribution is -2.21. The molecular weight excluding hydrogens is 222 g/mol. The van der Waals surface area contributed by atoms with Gasteiger partial charge in [-0.15, -0.1) is 0 Å². The predicted molar refractivity (Wildman–Crippen MR) is 78.8 cm³/mol. The fourth-order valence-electron chi connectivity index (χ4n) is 1.70. The van der Waals surface area contributed by atoms with Crippen molar-refractivity contribution in [1.29, 1.82) is 0 Å². The summed E-state index contributed by atoms with van der Waals surface area (Å²) in [6.45, 7) is 6.18. The summed E-state index contributed by atoms with van der Waals surface area (Å²) in [6, 6.07) is 8.55. The van der Waals surface area contributed by atoms with Crippen LogP contribution in [0, 0.1) is 0 Å². The molecule has 1 rings (SSSR count). The molecule has 1 amide bonds. The van der Waals surface area contributed by atoms with Gasteiger partial charge in [0.15, 0.2) is 0 Å². The van der Waals surface area contributed by atoms with Gasteiger partial charge >= 0.3 is 0 Å². The average molecular weight is 249 g/mol. The maximum atomic E-state index is 11.5. The van der Waals surface area contributed by atoms with Crippen LogP contribution in [-0.2, 0) is 17.6 Å². The molecule has 0 fully saturated rings. The van der Waals surface area contributed by atoms with Crippen LogP contribution in [0.1, 0.15) is 44.7 Å². The summed E-state index contributed by atoms with van der Waals surface area (Å²) in [4.78, 5) is 13.1. The van der Waals surface area contributed by atoms with E-state index in [0.29, 0.717) is 6.42 Å². The third-order valence-electron chi connectivity index (χ3n) is 2.66. The van der Waals surface area contributed by atoms with Crippen molar-refractivity contribution in [3.05, 3.63) is 35.4 Å². The van der Waals surface area contributed by atoms with E-state index >= 15 is 0 Å². The van der Waals surface area contributed by atoms with Gasteiger partial charge in [-0.05, 0) is 24.0 Å². The van der Waals surface area contributed by atoms with E-state index in [1.165, 1.54) is 17.5 Å². The van der Waals surface area contributed by atoms with Crippen LogP contribution in [0.15, 0.2) is 24.3 Å². The SMILES string of the molecule is CC.CCCc1cccc(CCC(=O)N(C)C)c1. The van der Waals surface area contributed by atoms with Crippen LogP contribution >= 0.6 is 0 Å². The van der Waals surface area contributed by atoms with E-state index in [-0.39, 0.29) is 5.91 Å². The number of aryl methyl sites for hydroxylation is 2. The normalized spacial score (nSPS) is 9.39. The Hall–Kier alpha value is -1.31. The van der Waals surface area contributed by atoms with Gasteiger partial charge < -0.3 is 4.90 Å². The molecule has 0 bridgehead atoms. The molecule has 0 saturated heterocycles. The minimum atomic E-state index is 0.195. The summed E-state index contributed by atoms with van der Waals surface area (Å²) in [7, 11) is 3.60. The number of amides is 1. The molecule has 2 nitrogen and oxygen atoms in total. The van der Waals surface area contributed by atoms with Crippen molar-refractivity contribution in [3.8, 4) is 0 Å². The first-order valence-electron chi connectivity index (χ1n) is 6.91. The molecule has 0 aliphatic carbocycles. The Labute approximate surface area is 112 Å². The summed E-state index contributed by atoms with van der Waals surface area (Å²) in [5.41, 5.74) is 2.64. The molecule has 0 aliphatic heterocycles. The summed E-state index contributed by atoms with van der Waals surface area (Å²) < 4.78 is 0. The molecule has 0 unspecified atom stereocenters. The number of hydrogen-bond donors (Lipinski definition) is 0. The maximum Gasteiger partial charge on any atom is 0.222 e. The third-order valence-corrected chi connectivity index (χ3v) is 2.66. The van der Waals surface area contributed by atoms with Gasteiger partial charge in [-0.2, -0.15) is 0 Å². The van der Waals surface area contributed by atoms with Gasteiger partial charge in [0.2, 0.25) is 5.91 Å².